The molecule has 7 heteroatoms. The third-order valence-electron chi connectivity index (χ3n) is 4.32. The Bertz CT molecular complexity index is 1080. The van der Waals surface area contributed by atoms with Gasteiger partial charge in [-0.1, -0.05) is 18.2 Å². The Morgan fingerprint density at radius 3 is 2.93 bits per heavy atom. The molecule has 1 aliphatic rings. The second kappa shape index (κ2) is 7.20. The smallest absolute Gasteiger partial charge is 0.349 e. The maximum atomic E-state index is 13.8. The molecule has 0 saturated carbocycles. The number of rotatable bonds is 4. The highest BCUT2D eigenvalue weighted by Crippen LogP contribution is 2.29. The summed E-state index contributed by atoms with van der Waals surface area (Å²) in [6.07, 6.45) is 0.352. The Labute approximate surface area is 153 Å². The molecule has 6 nitrogen and oxygen atoms in total. The van der Waals surface area contributed by atoms with Crippen molar-refractivity contribution in [3.8, 4) is 5.75 Å². The number of nitrogens with one attached hydrogen (secondary N) is 1. The van der Waals surface area contributed by atoms with Crippen LogP contribution in [-0.4, -0.2) is 19.2 Å². The Balaban J connectivity index is 1.48. The van der Waals surface area contributed by atoms with Crippen LogP contribution in [0.2, 0.25) is 0 Å². The molecule has 1 amide bonds. The lowest BCUT2D eigenvalue weighted by Crippen LogP contribution is -2.30. The summed E-state index contributed by atoms with van der Waals surface area (Å²) in [4.78, 5) is 24.4. The van der Waals surface area contributed by atoms with Crippen LogP contribution in [0, 0.1) is 5.82 Å². The van der Waals surface area contributed by atoms with E-state index >= 15 is 0 Å². The Kier molecular flexibility index (Phi) is 4.60. The Hall–Kier alpha value is -3.19. The number of benzene rings is 2. The highest BCUT2D eigenvalue weighted by Gasteiger charge is 2.18. The van der Waals surface area contributed by atoms with Gasteiger partial charge in [0.25, 0.3) is 5.91 Å². The molecule has 0 fully saturated rings. The van der Waals surface area contributed by atoms with Crippen molar-refractivity contribution in [3.63, 3.8) is 0 Å². The fourth-order valence-electron chi connectivity index (χ4n) is 3.07. The van der Waals surface area contributed by atoms with Crippen LogP contribution in [0.5, 0.6) is 5.75 Å². The van der Waals surface area contributed by atoms with Crippen molar-refractivity contribution >= 4 is 16.9 Å². The summed E-state index contributed by atoms with van der Waals surface area (Å²) in [6.45, 7) is 0.603. The van der Waals surface area contributed by atoms with E-state index in [0.29, 0.717) is 34.3 Å². The molecular weight excluding hydrogens is 353 g/mol. The number of fused-ring (bicyclic) bond motifs is 2. The van der Waals surface area contributed by atoms with Gasteiger partial charge in [-0.05, 0) is 36.2 Å². The van der Waals surface area contributed by atoms with Crippen molar-refractivity contribution in [3.05, 3.63) is 75.4 Å². The first-order valence-corrected chi connectivity index (χ1v) is 8.45. The van der Waals surface area contributed by atoms with Crippen molar-refractivity contribution in [1.29, 1.82) is 0 Å². The average molecular weight is 369 g/mol. The summed E-state index contributed by atoms with van der Waals surface area (Å²) in [7, 11) is 0. The van der Waals surface area contributed by atoms with Gasteiger partial charge in [-0.15, -0.1) is 0 Å². The standard InChI is InChI=1S/C20H16FNO5/c21-15-7-13(18-14(8-15)10-25-11-26-18)5-6-22-19(23)16-9-12-3-1-2-4-17(12)27-20(16)24/h1-4,7-9H,5-6,10-11H2,(H,22,23). The molecule has 1 aromatic heterocycles. The maximum absolute atomic E-state index is 13.8. The normalized spacial score (nSPS) is 13.1. The van der Waals surface area contributed by atoms with Crippen LogP contribution in [0.25, 0.3) is 11.0 Å². The third-order valence-corrected chi connectivity index (χ3v) is 4.32. The number of amides is 1. The van der Waals surface area contributed by atoms with Gasteiger partial charge in [-0.25, -0.2) is 9.18 Å². The molecule has 2 aromatic carbocycles. The van der Waals surface area contributed by atoms with Crippen LogP contribution < -0.4 is 15.7 Å². The SMILES string of the molecule is O=C(NCCc1cc(F)cc2c1OCOC2)c1cc2ccccc2oc1=O. The van der Waals surface area contributed by atoms with Gasteiger partial charge in [0, 0.05) is 17.5 Å². The summed E-state index contributed by atoms with van der Waals surface area (Å²) in [5, 5.41) is 3.33. The topological polar surface area (TPSA) is 77.8 Å². The summed E-state index contributed by atoms with van der Waals surface area (Å²) in [5.41, 5.74) is 0.927. The van der Waals surface area contributed by atoms with Gasteiger partial charge in [0.05, 0.1) is 6.61 Å². The molecule has 1 aliphatic heterocycles. The van der Waals surface area contributed by atoms with E-state index in [9.17, 15) is 14.0 Å². The quantitative estimate of drug-likeness (QED) is 0.716. The highest BCUT2D eigenvalue weighted by molar-refractivity contribution is 5.96. The predicted octanol–water partition coefficient (Wildman–Crippen LogP) is 2.77. The van der Waals surface area contributed by atoms with E-state index in [1.165, 1.54) is 18.2 Å². The predicted molar refractivity (Wildman–Crippen MR) is 95.2 cm³/mol. The van der Waals surface area contributed by atoms with Gasteiger partial charge >= 0.3 is 5.63 Å². The molecule has 138 valence electrons. The minimum Gasteiger partial charge on any atom is -0.467 e. The van der Waals surface area contributed by atoms with E-state index < -0.39 is 11.5 Å². The number of halogens is 1. The van der Waals surface area contributed by atoms with Crippen LogP contribution in [-0.2, 0) is 17.8 Å². The van der Waals surface area contributed by atoms with Gasteiger partial charge in [-0.2, -0.15) is 0 Å². The summed E-state index contributed by atoms with van der Waals surface area (Å²) >= 11 is 0. The first kappa shape index (κ1) is 17.2. The molecule has 0 aliphatic carbocycles. The van der Waals surface area contributed by atoms with E-state index in [4.69, 9.17) is 13.9 Å². The van der Waals surface area contributed by atoms with Crippen LogP contribution in [0.3, 0.4) is 0 Å². The minimum atomic E-state index is -0.699. The number of carbonyl (C=O) groups excluding carboxylic acids is 1. The zero-order valence-corrected chi connectivity index (χ0v) is 14.3. The average Bonchev–Trinajstić information content (AvgIpc) is 2.67. The highest BCUT2D eigenvalue weighted by atomic mass is 19.1. The van der Waals surface area contributed by atoms with Gasteiger partial charge in [0.15, 0.2) is 6.79 Å². The molecule has 0 saturated heterocycles. The molecular formula is C20H16FNO5. The van der Waals surface area contributed by atoms with Gasteiger partial charge in [0.1, 0.15) is 22.7 Å². The van der Waals surface area contributed by atoms with Gasteiger partial charge < -0.3 is 19.2 Å². The molecule has 3 aromatic rings. The van der Waals surface area contributed by atoms with Crippen molar-refractivity contribution in [2.24, 2.45) is 0 Å². The first-order valence-electron chi connectivity index (χ1n) is 8.45. The van der Waals surface area contributed by atoms with Crippen LogP contribution in [0.1, 0.15) is 21.5 Å². The third kappa shape index (κ3) is 3.54. The Morgan fingerprint density at radius 1 is 1.19 bits per heavy atom. The summed E-state index contributed by atoms with van der Waals surface area (Å²) in [6, 6.07) is 11.2. The summed E-state index contributed by atoms with van der Waals surface area (Å²) in [5.74, 6) is -0.342. The lowest BCUT2D eigenvalue weighted by atomic mass is 10.1. The van der Waals surface area contributed by atoms with Crippen molar-refractivity contribution in [1.82, 2.24) is 5.32 Å². The first-order chi connectivity index (χ1) is 13.1. The number of carbonyl (C=O) groups is 1. The van der Waals surface area contributed by atoms with Crippen LogP contribution >= 0.6 is 0 Å². The molecule has 1 N–H and O–H groups in total. The largest absolute Gasteiger partial charge is 0.467 e. The monoisotopic (exact) mass is 369 g/mol. The number of hydrogen-bond acceptors (Lipinski definition) is 5. The molecule has 0 bridgehead atoms. The second-order valence-electron chi connectivity index (χ2n) is 6.16. The molecule has 0 radical (unpaired) electrons. The van der Waals surface area contributed by atoms with Gasteiger partial charge in [-0.3, -0.25) is 4.79 Å². The lowest BCUT2D eigenvalue weighted by Gasteiger charge is -2.20. The molecule has 0 atom stereocenters. The zero-order valence-electron chi connectivity index (χ0n) is 14.3. The van der Waals surface area contributed by atoms with Crippen molar-refractivity contribution in [2.45, 2.75) is 13.0 Å². The lowest BCUT2D eigenvalue weighted by molar-refractivity contribution is -0.0172. The number of para-hydroxylation sites is 1. The zero-order chi connectivity index (χ0) is 18.8. The molecule has 0 spiro atoms. The van der Waals surface area contributed by atoms with Crippen LogP contribution in [0.15, 0.2) is 51.7 Å². The van der Waals surface area contributed by atoms with E-state index in [1.54, 1.807) is 24.3 Å². The Morgan fingerprint density at radius 2 is 2.04 bits per heavy atom. The van der Waals surface area contributed by atoms with E-state index in [0.717, 1.165) is 0 Å². The van der Waals surface area contributed by atoms with Gasteiger partial charge in [0.2, 0.25) is 0 Å². The fourth-order valence-corrected chi connectivity index (χ4v) is 3.07. The molecule has 0 unspecified atom stereocenters. The number of hydrogen-bond donors (Lipinski definition) is 1. The van der Waals surface area contributed by atoms with E-state index in [-0.39, 0.29) is 31.3 Å². The molecule has 2 heterocycles. The number of ether oxygens (including phenoxy) is 2. The summed E-state index contributed by atoms with van der Waals surface area (Å²) < 4.78 is 29.5. The molecule has 27 heavy (non-hydrogen) atoms. The van der Waals surface area contributed by atoms with Crippen LogP contribution in [0.4, 0.5) is 4.39 Å². The van der Waals surface area contributed by atoms with E-state index in [2.05, 4.69) is 5.32 Å². The second-order valence-corrected chi connectivity index (χ2v) is 6.16. The fraction of sp³-hybridized carbons (Fsp3) is 0.200. The van der Waals surface area contributed by atoms with Crippen molar-refractivity contribution < 1.29 is 23.1 Å². The molecule has 4 rings (SSSR count). The van der Waals surface area contributed by atoms with E-state index in [1.807, 2.05) is 0 Å². The minimum absolute atomic E-state index is 0.0698. The maximum Gasteiger partial charge on any atom is 0.349 e. The van der Waals surface area contributed by atoms with Crippen molar-refractivity contribution in [2.75, 3.05) is 13.3 Å².